The fraction of sp³-hybridized carbons (Fsp3) is 0.591. The summed E-state index contributed by atoms with van der Waals surface area (Å²) in [4.78, 5) is 9.58. The van der Waals surface area contributed by atoms with Gasteiger partial charge in [0.2, 0.25) is 0 Å². The standard InChI is InChI=1S/C22H35N7O2/c1-5-31-16-6-11-23-22(24-17-21-26-25-18(2)27(21)3)29-14-12-28(13-15-29)19-7-9-20(30-4)10-8-19/h7-10H,5-6,11-17H2,1-4H3,(H,23,24). The lowest BCUT2D eigenvalue weighted by molar-refractivity contribution is 0.145. The number of anilines is 1. The van der Waals surface area contributed by atoms with Crippen molar-refractivity contribution in [2.75, 3.05) is 57.9 Å². The molecule has 1 aromatic carbocycles. The number of nitrogens with zero attached hydrogens (tertiary/aromatic N) is 6. The van der Waals surface area contributed by atoms with Crippen LogP contribution in [-0.2, 0) is 18.3 Å². The lowest BCUT2D eigenvalue weighted by Crippen LogP contribution is -2.52. The van der Waals surface area contributed by atoms with Crippen LogP contribution in [0.1, 0.15) is 25.0 Å². The first kappa shape index (κ1) is 22.9. The highest BCUT2D eigenvalue weighted by Gasteiger charge is 2.20. The van der Waals surface area contributed by atoms with Gasteiger partial charge in [-0.25, -0.2) is 4.99 Å². The second kappa shape index (κ2) is 11.5. The van der Waals surface area contributed by atoms with Crippen LogP contribution < -0.4 is 15.0 Å². The predicted octanol–water partition coefficient (Wildman–Crippen LogP) is 1.83. The number of piperazine rings is 1. The predicted molar refractivity (Wildman–Crippen MR) is 123 cm³/mol. The SMILES string of the molecule is CCOCCCNC(=NCc1nnc(C)n1C)N1CCN(c2ccc(OC)cc2)CC1. The molecule has 9 heteroatoms. The van der Waals surface area contributed by atoms with E-state index in [0.717, 1.165) is 75.7 Å². The maximum atomic E-state index is 5.46. The van der Waals surface area contributed by atoms with Crippen LogP contribution in [0.4, 0.5) is 5.69 Å². The first-order chi connectivity index (χ1) is 15.1. The molecule has 1 N–H and O–H groups in total. The van der Waals surface area contributed by atoms with Gasteiger partial charge in [0.15, 0.2) is 11.8 Å². The quantitative estimate of drug-likeness (QED) is 0.370. The van der Waals surface area contributed by atoms with E-state index >= 15 is 0 Å². The minimum Gasteiger partial charge on any atom is -0.497 e. The molecule has 2 heterocycles. The van der Waals surface area contributed by atoms with Gasteiger partial charge in [0.1, 0.15) is 18.1 Å². The number of methoxy groups -OCH3 is 1. The van der Waals surface area contributed by atoms with Gasteiger partial charge in [0.25, 0.3) is 0 Å². The molecule has 1 saturated heterocycles. The number of hydrogen-bond donors (Lipinski definition) is 1. The van der Waals surface area contributed by atoms with Crippen LogP contribution >= 0.6 is 0 Å². The van der Waals surface area contributed by atoms with Crippen LogP contribution in [0.5, 0.6) is 5.75 Å². The van der Waals surface area contributed by atoms with Crippen molar-refractivity contribution < 1.29 is 9.47 Å². The molecular weight excluding hydrogens is 394 g/mol. The van der Waals surface area contributed by atoms with Crippen molar-refractivity contribution in [2.24, 2.45) is 12.0 Å². The van der Waals surface area contributed by atoms with E-state index in [4.69, 9.17) is 14.5 Å². The first-order valence-corrected chi connectivity index (χ1v) is 11.0. The van der Waals surface area contributed by atoms with Gasteiger partial charge in [-0.1, -0.05) is 0 Å². The lowest BCUT2D eigenvalue weighted by Gasteiger charge is -2.37. The number of aryl methyl sites for hydroxylation is 1. The van der Waals surface area contributed by atoms with Gasteiger partial charge in [0.05, 0.1) is 7.11 Å². The number of aliphatic imine (C=N–C) groups is 1. The molecular formula is C22H35N7O2. The van der Waals surface area contributed by atoms with Crippen LogP contribution in [-0.4, -0.2) is 78.7 Å². The Kier molecular flexibility index (Phi) is 8.52. The summed E-state index contributed by atoms with van der Waals surface area (Å²) in [6.45, 7) is 10.5. The van der Waals surface area contributed by atoms with Gasteiger partial charge >= 0.3 is 0 Å². The van der Waals surface area contributed by atoms with Crippen LogP contribution in [0.15, 0.2) is 29.3 Å². The van der Waals surface area contributed by atoms with E-state index in [-0.39, 0.29) is 0 Å². The van der Waals surface area contributed by atoms with Gasteiger partial charge in [-0.2, -0.15) is 0 Å². The summed E-state index contributed by atoms with van der Waals surface area (Å²) in [7, 11) is 3.67. The Morgan fingerprint density at radius 3 is 2.48 bits per heavy atom. The maximum Gasteiger partial charge on any atom is 0.194 e. The highest BCUT2D eigenvalue weighted by Crippen LogP contribution is 2.20. The Labute approximate surface area is 185 Å². The van der Waals surface area contributed by atoms with E-state index in [1.165, 1.54) is 5.69 Å². The number of guanidine groups is 1. The van der Waals surface area contributed by atoms with E-state index in [0.29, 0.717) is 6.54 Å². The zero-order chi connectivity index (χ0) is 22.1. The lowest BCUT2D eigenvalue weighted by atomic mass is 10.2. The Balaban J connectivity index is 1.61. The average Bonchev–Trinajstić information content (AvgIpc) is 3.13. The molecule has 0 saturated carbocycles. The molecule has 0 atom stereocenters. The molecule has 1 aromatic heterocycles. The Hall–Kier alpha value is -2.81. The highest BCUT2D eigenvalue weighted by molar-refractivity contribution is 5.80. The second-order valence-corrected chi connectivity index (χ2v) is 7.51. The van der Waals surface area contributed by atoms with Crippen LogP contribution in [0.3, 0.4) is 0 Å². The van der Waals surface area contributed by atoms with E-state index < -0.39 is 0 Å². The molecule has 170 valence electrons. The molecule has 1 aliphatic rings. The Morgan fingerprint density at radius 2 is 1.87 bits per heavy atom. The van der Waals surface area contributed by atoms with Crippen LogP contribution in [0.2, 0.25) is 0 Å². The normalized spacial score (nSPS) is 14.8. The summed E-state index contributed by atoms with van der Waals surface area (Å²) in [5.74, 6) is 3.56. The van der Waals surface area contributed by atoms with Crippen molar-refractivity contribution in [2.45, 2.75) is 26.8 Å². The smallest absolute Gasteiger partial charge is 0.194 e. The number of ether oxygens (including phenoxy) is 2. The van der Waals surface area contributed by atoms with Crippen molar-refractivity contribution in [3.05, 3.63) is 35.9 Å². The van der Waals surface area contributed by atoms with Crippen molar-refractivity contribution in [3.63, 3.8) is 0 Å². The fourth-order valence-corrected chi connectivity index (χ4v) is 3.49. The second-order valence-electron chi connectivity index (χ2n) is 7.51. The molecule has 2 aromatic rings. The van der Waals surface area contributed by atoms with Crippen LogP contribution in [0, 0.1) is 6.92 Å². The molecule has 0 bridgehead atoms. The molecule has 3 rings (SSSR count). The summed E-state index contributed by atoms with van der Waals surface area (Å²) >= 11 is 0. The summed E-state index contributed by atoms with van der Waals surface area (Å²) in [6, 6.07) is 8.26. The molecule has 0 unspecified atom stereocenters. The van der Waals surface area contributed by atoms with E-state index in [2.05, 4.69) is 37.4 Å². The molecule has 31 heavy (non-hydrogen) atoms. The van der Waals surface area contributed by atoms with Gasteiger partial charge < -0.3 is 29.2 Å². The fourth-order valence-electron chi connectivity index (χ4n) is 3.49. The number of nitrogens with one attached hydrogen (secondary N) is 1. The topological polar surface area (TPSA) is 80.0 Å². The van der Waals surface area contributed by atoms with E-state index in [1.54, 1.807) is 7.11 Å². The summed E-state index contributed by atoms with van der Waals surface area (Å²) < 4.78 is 12.7. The number of aromatic nitrogens is 3. The average molecular weight is 430 g/mol. The van der Waals surface area contributed by atoms with Gasteiger partial charge in [-0.3, -0.25) is 0 Å². The zero-order valence-electron chi connectivity index (χ0n) is 19.2. The Morgan fingerprint density at radius 1 is 1.13 bits per heavy atom. The summed E-state index contributed by atoms with van der Waals surface area (Å²) in [5.41, 5.74) is 1.22. The highest BCUT2D eigenvalue weighted by atomic mass is 16.5. The first-order valence-electron chi connectivity index (χ1n) is 11.0. The van der Waals surface area contributed by atoms with Crippen LogP contribution in [0.25, 0.3) is 0 Å². The van der Waals surface area contributed by atoms with Crippen molar-refractivity contribution >= 4 is 11.6 Å². The third-order valence-corrected chi connectivity index (χ3v) is 5.52. The van der Waals surface area contributed by atoms with Crippen molar-refractivity contribution in [3.8, 4) is 5.75 Å². The zero-order valence-corrected chi connectivity index (χ0v) is 19.2. The summed E-state index contributed by atoms with van der Waals surface area (Å²) in [6.07, 6.45) is 0.946. The monoisotopic (exact) mass is 429 g/mol. The molecule has 9 nitrogen and oxygen atoms in total. The number of rotatable bonds is 9. The molecule has 0 amide bonds. The molecule has 1 aliphatic heterocycles. The minimum atomic E-state index is 0.504. The van der Waals surface area contributed by atoms with Gasteiger partial charge in [-0.15, -0.1) is 10.2 Å². The molecule has 1 fully saturated rings. The van der Waals surface area contributed by atoms with Gasteiger partial charge in [-0.05, 0) is 44.5 Å². The Bertz CT molecular complexity index is 827. The largest absolute Gasteiger partial charge is 0.497 e. The van der Waals surface area contributed by atoms with E-state index in [1.807, 2.05) is 37.6 Å². The molecule has 0 radical (unpaired) electrons. The number of benzene rings is 1. The minimum absolute atomic E-state index is 0.504. The van der Waals surface area contributed by atoms with Crippen molar-refractivity contribution in [1.29, 1.82) is 0 Å². The maximum absolute atomic E-state index is 5.46. The third kappa shape index (κ3) is 6.33. The number of hydrogen-bond acceptors (Lipinski definition) is 6. The van der Waals surface area contributed by atoms with Crippen molar-refractivity contribution in [1.82, 2.24) is 25.0 Å². The molecule has 0 aliphatic carbocycles. The third-order valence-electron chi connectivity index (χ3n) is 5.52. The summed E-state index contributed by atoms with van der Waals surface area (Å²) in [5, 5.41) is 11.9. The molecule has 0 spiro atoms. The van der Waals surface area contributed by atoms with E-state index in [9.17, 15) is 0 Å². The van der Waals surface area contributed by atoms with Gasteiger partial charge in [0, 0.05) is 58.7 Å².